The number of hydrogen-bond donors (Lipinski definition) is 2. The van der Waals surface area contributed by atoms with Crippen LogP contribution in [0.4, 0.5) is 15.1 Å². The molecule has 0 aliphatic heterocycles. The smallest absolute Gasteiger partial charge is 0.360 e. The van der Waals surface area contributed by atoms with E-state index in [1.54, 1.807) is 6.92 Å². The third-order valence-corrected chi connectivity index (χ3v) is 5.08. The molecule has 0 atom stereocenters. The van der Waals surface area contributed by atoms with Crippen LogP contribution >= 0.6 is 22.7 Å². The van der Waals surface area contributed by atoms with Crippen LogP contribution in [-0.4, -0.2) is 36.9 Å². The van der Waals surface area contributed by atoms with Crippen molar-refractivity contribution in [3.63, 3.8) is 0 Å². The number of ether oxygens (including phenoxy) is 1. The average molecular weight is 376 g/mol. The molecule has 1 amide bonds. The van der Waals surface area contributed by atoms with E-state index in [0.717, 1.165) is 27.0 Å². The molecule has 0 saturated carbocycles. The maximum atomic E-state index is 11.9. The predicted octanol–water partition coefficient (Wildman–Crippen LogP) is 1.40. The average Bonchev–Trinajstić information content (AvgIpc) is 3.08. The summed E-state index contributed by atoms with van der Waals surface area (Å²) < 4.78 is 29.1. The Balaban J connectivity index is 2.40. The highest BCUT2D eigenvalue weighted by Gasteiger charge is 2.25. The second-order valence-electron chi connectivity index (χ2n) is 3.96. The van der Waals surface area contributed by atoms with Crippen LogP contribution in [0, 0.1) is 0 Å². The normalized spacial score (nSPS) is 10.6. The van der Waals surface area contributed by atoms with E-state index in [2.05, 4.69) is 15.3 Å². The number of aromatic nitrogens is 2. The molecule has 2 heterocycles. The van der Waals surface area contributed by atoms with Crippen LogP contribution in [0.25, 0.3) is 0 Å². The lowest BCUT2D eigenvalue weighted by Gasteiger charge is -2.13. The van der Waals surface area contributed by atoms with Gasteiger partial charge in [0.1, 0.15) is 10.0 Å². The summed E-state index contributed by atoms with van der Waals surface area (Å²) in [5, 5.41) is 3.04. The van der Waals surface area contributed by atoms with Gasteiger partial charge in [-0.3, -0.25) is 4.79 Å². The molecule has 0 aliphatic carbocycles. The minimum absolute atomic E-state index is 0.0921. The Hall–Kier alpha value is -2.05. The minimum Gasteiger partial charge on any atom is -0.461 e. The zero-order valence-electron chi connectivity index (χ0n) is 12.0. The molecule has 0 radical (unpaired) electrons. The number of nitrogens with zero attached hydrogens (tertiary/aromatic N) is 3. The van der Waals surface area contributed by atoms with E-state index in [1.165, 1.54) is 18.6 Å². The summed E-state index contributed by atoms with van der Waals surface area (Å²) in [5.74, 6) is -1.04. The second-order valence-corrected chi connectivity index (χ2v) is 6.68. The van der Waals surface area contributed by atoms with Crippen LogP contribution in [-0.2, 0) is 20.4 Å². The zero-order chi connectivity index (χ0) is 17.0. The highest BCUT2D eigenvalue weighted by atomic mass is 32.2. The first-order valence-corrected chi connectivity index (χ1v) is 9.05. The molecule has 1 N–H and O–H groups in total. The Morgan fingerprint density at radius 1 is 1.39 bits per heavy atom. The molecule has 9 nitrogen and oxygen atoms in total. The van der Waals surface area contributed by atoms with Gasteiger partial charge < -0.3 is 10.1 Å². The summed E-state index contributed by atoms with van der Waals surface area (Å²) in [6.45, 7) is 3.10. The topological polar surface area (TPSA) is 119 Å². The number of esters is 1. The third-order valence-electron chi connectivity index (χ3n) is 2.36. The largest absolute Gasteiger partial charge is 0.461 e. The lowest BCUT2D eigenvalue weighted by atomic mass is 10.4. The number of amides is 1. The predicted molar refractivity (Wildman–Crippen MR) is 86.9 cm³/mol. The van der Waals surface area contributed by atoms with E-state index < -0.39 is 16.9 Å². The van der Waals surface area contributed by atoms with Crippen LogP contribution in [0.5, 0.6) is 0 Å². The summed E-state index contributed by atoms with van der Waals surface area (Å²) >= 11 is 1.94. The van der Waals surface area contributed by atoms with Crippen molar-refractivity contribution in [1.82, 2.24) is 9.97 Å². The van der Waals surface area contributed by atoms with Crippen molar-refractivity contribution in [2.75, 3.05) is 16.2 Å². The molecule has 0 spiro atoms. The monoisotopic (exact) mass is 376 g/mol. The van der Waals surface area contributed by atoms with Gasteiger partial charge in [0.2, 0.25) is 16.8 Å². The van der Waals surface area contributed by atoms with Crippen LogP contribution in [0.2, 0.25) is 0 Å². The fraction of sp³-hybridized carbons (Fsp3) is 0.273. The molecule has 23 heavy (non-hydrogen) atoms. The van der Waals surface area contributed by atoms with Gasteiger partial charge >= 0.3 is 5.97 Å². The van der Waals surface area contributed by atoms with Crippen LogP contribution < -0.4 is 9.62 Å². The fourth-order valence-corrected chi connectivity index (χ4v) is 4.22. The Morgan fingerprint density at radius 3 is 2.74 bits per heavy atom. The number of thiazole rings is 2. The van der Waals surface area contributed by atoms with Crippen molar-refractivity contribution in [1.29, 1.82) is 0 Å². The number of thiol groups is 1. The standard InChI is InChI=1S/C11H12N4O5S3/c1-3-20-10(17)8-9(21-5-13-8)15(23(18)19)7-4-12-11(22-7)14-6(2)16/h4-5,23H,3H2,1-2H3,(H,12,14,16). The van der Waals surface area contributed by atoms with Gasteiger partial charge in [0.15, 0.2) is 10.8 Å². The fourth-order valence-electron chi connectivity index (χ4n) is 1.56. The lowest BCUT2D eigenvalue weighted by molar-refractivity contribution is -0.114. The molecule has 0 saturated heterocycles. The highest BCUT2D eigenvalue weighted by molar-refractivity contribution is 7.75. The Bertz CT molecular complexity index is 789. The van der Waals surface area contributed by atoms with E-state index in [-0.39, 0.29) is 33.3 Å². The molecule has 0 aliphatic rings. The molecule has 12 heteroatoms. The molecule has 124 valence electrons. The van der Waals surface area contributed by atoms with Crippen LogP contribution in [0.3, 0.4) is 0 Å². The van der Waals surface area contributed by atoms with Gasteiger partial charge in [-0.25, -0.2) is 27.5 Å². The molecule has 2 aromatic rings. The Morgan fingerprint density at radius 2 is 2.13 bits per heavy atom. The number of carbonyl (C=O) groups excluding carboxylic acids is 2. The first-order valence-electron chi connectivity index (χ1n) is 6.22. The number of nitrogens with one attached hydrogen (secondary N) is 1. The van der Waals surface area contributed by atoms with E-state index in [9.17, 15) is 18.0 Å². The summed E-state index contributed by atoms with van der Waals surface area (Å²) in [7, 11) is -3.09. The van der Waals surface area contributed by atoms with Gasteiger partial charge in [-0.2, -0.15) is 0 Å². The summed E-state index contributed by atoms with van der Waals surface area (Å²) in [6, 6.07) is 0. The lowest BCUT2D eigenvalue weighted by Crippen LogP contribution is -2.16. The van der Waals surface area contributed by atoms with Crippen molar-refractivity contribution in [3.8, 4) is 0 Å². The van der Waals surface area contributed by atoms with Gasteiger partial charge in [-0.05, 0) is 6.92 Å². The van der Waals surface area contributed by atoms with E-state index in [1.807, 2.05) is 0 Å². The quantitative estimate of drug-likeness (QED) is 0.578. The Labute approximate surface area is 141 Å². The zero-order valence-corrected chi connectivity index (χ0v) is 14.5. The second kappa shape index (κ2) is 7.48. The van der Waals surface area contributed by atoms with Gasteiger partial charge in [0, 0.05) is 6.92 Å². The summed E-state index contributed by atoms with van der Waals surface area (Å²) in [6.07, 6.45) is 1.29. The van der Waals surface area contributed by atoms with Gasteiger partial charge in [-0.15, -0.1) is 11.3 Å². The van der Waals surface area contributed by atoms with Crippen molar-refractivity contribution in [2.45, 2.75) is 13.8 Å². The van der Waals surface area contributed by atoms with Crippen molar-refractivity contribution in [3.05, 3.63) is 17.4 Å². The van der Waals surface area contributed by atoms with E-state index >= 15 is 0 Å². The number of carbonyl (C=O) groups is 2. The molecule has 0 unspecified atom stereocenters. The minimum atomic E-state index is -3.09. The van der Waals surface area contributed by atoms with Gasteiger partial charge in [0.25, 0.3) is 0 Å². The van der Waals surface area contributed by atoms with E-state index in [4.69, 9.17) is 4.74 Å². The van der Waals surface area contributed by atoms with Gasteiger partial charge in [0.05, 0.1) is 18.3 Å². The molecule has 0 fully saturated rings. The summed E-state index contributed by atoms with van der Waals surface area (Å²) in [4.78, 5) is 30.7. The molecule has 2 rings (SSSR count). The SMILES string of the molecule is CCOC(=O)c1ncsc1N(c1cnc(NC(C)=O)s1)[SH](=O)=O. The van der Waals surface area contributed by atoms with Crippen LogP contribution in [0.1, 0.15) is 24.3 Å². The van der Waals surface area contributed by atoms with Crippen molar-refractivity contribution < 1.29 is 22.7 Å². The molecule has 2 aromatic heterocycles. The van der Waals surface area contributed by atoms with Crippen molar-refractivity contribution >= 4 is 60.6 Å². The number of rotatable bonds is 6. The molecular formula is C11H12N4O5S3. The molecule has 0 bridgehead atoms. The first kappa shape index (κ1) is 17.3. The van der Waals surface area contributed by atoms with Gasteiger partial charge in [-0.1, -0.05) is 11.3 Å². The van der Waals surface area contributed by atoms with Crippen LogP contribution in [0.15, 0.2) is 11.7 Å². The number of anilines is 3. The first-order chi connectivity index (χ1) is 10.9. The van der Waals surface area contributed by atoms with Crippen molar-refractivity contribution in [2.24, 2.45) is 0 Å². The highest BCUT2D eigenvalue weighted by Crippen LogP contribution is 2.37. The summed E-state index contributed by atoms with van der Waals surface area (Å²) in [5.41, 5.74) is 1.26. The molecular weight excluding hydrogens is 364 g/mol. The molecule has 0 aromatic carbocycles. The third kappa shape index (κ3) is 4.03. The maximum absolute atomic E-state index is 11.9. The maximum Gasteiger partial charge on any atom is 0.360 e. The van der Waals surface area contributed by atoms with E-state index in [0.29, 0.717) is 0 Å². The Kier molecular flexibility index (Phi) is 5.63. The number of hydrogen-bond acceptors (Lipinski definition) is 9.